The molecule has 5 nitrogen and oxygen atoms in total. The van der Waals surface area contributed by atoms with Crippen molar-refractivity contribution in [3.05, 3.63) is 48.0 Å². The van der Waals surface area contributed by atoms with E-state index < -0.39 is 11.7 Å². The lowest BCUT2D eigenvalue weighted by Gasteiger charge is -2.33. The summed E-state index contributed by atoms with van der Waals surface area (Å²) < 4.78 is 39.9. The largest absolute Gasteiger partial charge is 0.416 e. The van der Waals surface area contributed by atoms with Crippen molar-refractivity contribution < 1.29 is 18.0 Å². The van der Waals surface area contributed by atoms with Crippen molar-refractivity contribution in [3.8, 4) is 5.69 Å². The van der Waals surface area contributed by atoms with Gasteiger partial charge < -0.3 is 14.4 Å². The van der Waals surface area contributed by atoms with Crippen LogP contribution in [-0.4, -0.2) is 58.0 Å². The van der Waals surface area contributed by atoms with Crippen molar-refractivity contribution in [1.82, 2.24) is 19.4 Å². The van der Waals surface area contributed by atoms with Gasteiger partial charge in [0.15, 0.2) is 0 Å². The number of nitrogens with zero attached hydrogens (tertiary/aromatic N) is 4. The summed E-state index contributed by atoms with van der Waals surface area (Å²) in [6.45, 7) is 5.92. The first-order chi connectivity index (χ1) is 11.9. The van der Waals surface area contributed by atoms with E-state index in [1.165, 1.54) is 23.2 Å². The van der Waals surface area contributed by atoms with Crippen molar-refractivity contribution in [3.63, 3.8) is 0 Å². The van der Waals surface area contributed by atoms with E-state index in [1.54, 1.807) is 11.0 Å². The number of piperazine rings is 1. The molecule has 1 aromatic heterocycles. The number of benzene rings is 1. The monoisotopic (exact) mass is 352 g/mol. The Morgan fingerprint density at radius 2 is 1.92 bits per heavy atom. The Labute approximate surface area is 143 Å². The molecule has 134 valence electrons. The fourth-order valence-electron chi connectivity index (χ4n) is 2.85. The normalized spacial score (nSPS) is 16.2. The Balaban J connectivity index is 1.76. The fraction of sp³-hybridized carbons (Fsp3) is 0.412. The van der Waals surface area contributed by atoms with Gasteiger partial charge in [0.2, 0.25) is 0 Å². The molecule has 1 fully saturated rings. The van der Waals surface area contributed by atoms with Crippen LogP contribution in [0.3, 0.4) is 0 Å². The summed E-state index contributed by atoms with van der Waals surface area (Å²) in [5, 5.41) is 0. The molecule has 1 saturated heterocycles. The second-order valence-electron chi connectivity index (χ2n) is 5.94. The summed E-state index contributed by atoms with van der Waals surface area (Å²) in [5.74, 6) is -0.193. The van der Waals surface area contributed by atoms with Gasteiger partial charge in [0.05, 0.1) is 5.56 Å². The van der Waals surface area contributed by atoms with Gasteiger partial charge in [0.25, 0.3) is 5.91 Å². The standard InChI is InChI=1S/C17H19F3N4O/c1-2-22-6-8-23(9-7-22)16(25)15-11-24(12-21-15)14-5-3-4-13(10-14)17(18,19)20/h3-5,10-12H,2,6-9H2,1H3. The smallest absolute Gasteiger partial charge is 0.335 e. The van der Waals surface area contributed by atoms with E-state index in [-0.39, 0.29) is 11.6 Å². The number of carbonyl (C=O) groups excluding carboxylic acids is 1. The maximum atomic E-state index is 12.8. The molecule has 25 heavy (non-hydrogen) atoms. The van der Waals surface area contributed by atoms with Gasteiger partial charge in [-0.15, -0.1) is 0 Å². The summed E-state index contributed by atoms with van der Waals surface area (Å²) in [6, 6.07) is 4.93. The van der Waals surface area contributed by atoms with Crippen LogP contribution in [-0.2, 0) is 6.18 Å². The molecule has 1 aliphatic heterocycles. The molecule has 1 aromatic carbocycles. The molecule has 2 heterocycles. The Kier molecular flexibility index (Phi) is 4.80. The molecule has 0 bridgehead atoms. The Bertz CT molecular complexity index is 748. The van der Waals surface area contributed by atoms with Crippen molar-refractivity contribution in [1.29, 1.82) is 0 Å². The quantitative estimate of drug-likeness (QED) is 0.853. The lowest BCUT2D eigenvalue weighted by atomic mass is 10.2. The minimum Gasteiger partial charge on any atom is -0.335 e. The third-order valence-corrected chi connectivity index (χ3v) is 4.38. The molecule has 2 aromatic rings. The molecule has 0 radical (unpaired) electrons. The summed E-state index contributed by atoms with van der Waals surface area (Å²) in [5.41, 5.74) is -0.179. The predicted molar refractivity (Wildman–Crippen MR) is 86.6 cm³/mol. The average molecular weight is 352 g/mol. The highest BCUT2D eigenvalue weighted by molar-refractivity contribution is 5.92. The van der Waals surface area contributed by atoms with Gasteiger partial charge in [0.1, 0.15) is 12.0 Å². The van der Waals surface area contributed by atoms with Crippen LogP contribution in [0, 0.1) is 0 Å². The number of carbonyl (C=O) groups is 1. The predicted octanol–water partition coefficient (Wildman–Crippen LogP) is 2.67. The van der Waals surface area contributed by atoms with Gasteiger partial charge in [-0.1, -0.05) is 13.0 Å². The molecule has 1 amide bonds. The number of hydrogen-bond donors (Lipinski definition) is 0. The zero-order valence-corrected chi connectivity index (χ0v) is 13.8. The van der Waals surface area contributed by atoms with Crippen molar-refractivity contribution >= 4 is 5.91 Å². The molecule has 1 aliphatic rings. The Morgan fingerprint density at radius 3 is 2.56 bits per heavy atom. The number of alkyl halides is 3. The lowest BCUT2D eigenvalue weighted by Crippen LogP contribution is -2.48. The molecule has 0 aliphatic carbocycles. The molecule has 8 heteroatoms. The van der Waals surface area contributed by atoms with Gasteiger partial charge in [-0.2, -0.15) is 13.2 Å². The number of likely N-dealkylation sites (N-methyl/N-ethyl adjacent to an activating group) is 1. The Hall–Kier alpha value is -2.35. The molecule has 0 unspecified atom stereocenters. The highest BCUT2D eigenvalue weighted by Gasteiger charge is 2.30. The number of rotatable bonds is 3. The van der Waals surface area contributed by atoms with Gasteiger partial charge in [-0.05, 0) is 24.7 Å². The summed E-state index contributed by atoms with van der Waals surface area (Å²) in [4.78, 5) is 20.6. The van der Waals surface area contributed by atoms with Crippen molar-refractivity contribution in [2.75, 3.05) is 32.7 Å². The maximum Gasteiger partial charge on any atom is 0.416 e. The summed E-state index contributed by atoms with van der Waals surface area (Å²) in [6.07, 6.45) is -1.57. The average Bonchev–Trinajstić information content (AvgIpc) is 3.11. The maximum absolute atomic E-state index is 12.8. The zero-order valence-electron chi connectivity index (χ0n) is 13.8. The number of imidazole rings is 1. The van der Waals surface area contributed by atoms with Gasteiger partial charge in [0, 0.05) is 38.1 Å². The minimum atomic E-state index is -4.41. The number of halogens is 3. The van der Waals surface area contributed by atoms with Gasteiger partial charge in [-0.3, -0.25) is 4.79 Å². The van der Waals surface area contributed by atoms with Crippen LogP contribution in [0.5, 0.6) is 0 Å². The number of hydrogen-bond acceptors (Lipinski definition) is 3. The first kappa shape index (κ1) is 17.5. The molecule has 0 atom stereocenters. The first-order valence-electron chi connectivity index (χ1n) is 8.11. The van der Waals surface area contributed by atoms with Crippen LogP contribution < -0.4 is 0 Å². The van der Waals surface area contributed by atoms with Crippen LogP contribution in [0.4, 0.5) is 13.2 Å². The van der Waals surface area contributed by atoms with E-state index in [0.29, 0.717) is 18.8 Å². The van der Waals surface area contributed by atoms with Crippen LogP contribution in [0.2, 0.25) is 0 Å². The SMILES string of the molecule is CCN1CCN(C(=O)c2cn(-c3cccc(C(F)(F)F)c3)cn2)CC1. The van der Waals surface area contributed by atoms with Crippen LogP contribution in [0.1, 0.15) is 23.0 Å². The second-order valence-corrected chi connectivity index (χ2v) is 5.94. The second kappa shape index (κ2) is 6.87. The number of amides is 1. The highest BCUT2D eigenvalue weighted by atomic mass is 19.4. The third kappa shape index (κ3) is 3.84. The van der Waals surface area contributed by atoms with Crippen LogP contribution in [0.25, 0.3) is 5.69 Å². The molecule has 0 saturated carbocycles. The summed E-state index contributed by atoms with van der Waals surface area (Å²) in [7, 11) is 0. The van der Waals surface area contributed by atoms with E-state index in [4.69, 9.17) is 0 Å². The summed E-state index contributed by atoms with van der Waals surface area (Å²) >= 11 is 0. The topological polar surface area (TPSA) is 41.4 Å². The van der Waals surface area contributed by atoms with Gasteiger partial charge in [-0.25, -0.2) is 4.98 Å². The highest BCUT2D eigenvalue weighted by Crippen LogP contribution is 2.30. The third-order valence-electron chi connectivity index (χ3n) is 4.38. The molecular weight excluding hydrogens is 333 g/mol. The fourth-order valence-corrected chi connectivity index (χ4v) is 2.85. The van der Waals surface area contributed by atoms with Crippen molar-refractivity contribution in [2.45, 2.75) is 13.1 Å². The van der Waals surface area contributed by atoms with E-state index in [9.17, 15) is 18.0 Å². The molecular formula is C17H19F3N4O. The zero-order chi connectivity index (χ0) is 18.0. The van der Waals surface area contributed by atoms with Crippen LogP contribution >= 0.6 is 0 Å². The molecule has 0 spiro atoms. The van der Waals surface area contributed by atoms with Crippen molar-refractivity contribution in [2.24, 2.45) is 0 Å². The van der Waals surface area contributed by atoms with Crippen LogP contribution in [0.15, 0.2) is 36.8 Å². The number of aromatic nitrogens is 2. The van der Waals surface area contributed by atoms with E-state index in [0.717, 1.165) is 31.8 Å². The molecule has 3 rings (SSSR count). The Morgan fingerprint density at radius 1 is 1.20 bits per heavy atom. The van der Waals surface area contributed by atoms with Gasteiger partial charge >= 0.3 is 6.18 Å². The molecule has 0 N–H and O–H groups in total. The van der Waals surface area contributed by atoms with E-state index in [1.807, 2.05) is 0 Å². The minimum absolute atomic E-state index is 0.193. The first-order valence-corrected chi connectivity index (χ1v) is 8.11. The lowest BCUT2D eigenvalue weighted by molar-refractivity contribution is -0.137. The van der Waals surface area contributed by atoms with E-state index in [2.05, 4.69) is 16.8 Å². The van der Waals surface area contributed by atoms with E-state index >= 15 is 0 Å².